The van der Waals surface area contributed by atoms with Crippen LogP contribution in [0.4, 0.5) is 0 Å². The Morgan fingerprint density at radius 1 is 1.12 bits per heavy atom. The molecule has 2 rings (SSSR count). The second-order valence-corrected chi connectivity index (χ2v) is 8.50. The van der Waals surface area contributed by atoms with Gasteiger partial charge < -0.3 is 9.80 Å². The third-order valence-corrected chi connectivity index (χ3v) is 5.63. The van der Waals surface area contributed by atoms with Crippen LogP contribution in [-0.2, 0) is 9.59 Å². The largest absolute Gasteiger partial charge is 0.343 e. The molecule has 0 radical (unpaired) electrons. The lowest BCUT2D eigenvalue weighted by Gasteiger charge is -2.38. The summed E-state index contributed by atoms with van der Waals surface area (Å²) in [6, 6.07) is 0. The number of likely N-dealkylation sites (tertiary alicyclic amines) is 1. The lowest BCUT2D eigenvalue weighted by molar-refractivity contribution is -0.133. The van der Waals surface area contributed by atoms with E-state index in [0.29, 0.717) is 17.7 Å². The van der Waals surface area contributed by atoms with Gasteiger partial charge in [-0.2, -0.15) is 0 Å². The zero-order chi connectivity index (χ0) is 18.4. The van der Waals surface area contributed by atoms with Gasteiger partial charge in [-0.25, -0.2) is 0 Å². The van der Waals surface area contributed by atoms with Crippen molar-refractivity contribution in [3.8, 4) is 0 Å². The van der Waals surface area contributed by atoms with Crippen LogP contribution in [0.2, 0.25) is 0 Å². The second kappa shape index (κ2) is 8.68. The monoisotopic (exact) mass is 346 g/mol. The van der Waals surface area contributed by atoms with Crippen LogP contribution in [0, 0.1) is 11.3 Å². The van der Waals surface area contributed by atoms with E-state index < -0.39 is 0 Å². The van der Waals surface area contributed by atoms with Gasteiger partial charge in [0, 0.05) is 37.8 Å². The normalized spacial score (nSPS) is 19.2. The maximum Gasteiger partial charge on any atom is 0.251 e. The Morgan fingerprint density at radius 2 is 1.76 bits per heavy atom. The molecule has 2 amide bonds. The van der Waals surface area contributed by atoms with Crippen LogP contribution in [0.1, 0.15) is 65.7 Å². The number of nitrogens with zero attached hydrogens (tertiary/aromatic N) is 2. The molecule has 1 fully saturated rings. The Labute approximate surface area is 152 Å². The van der Waals surface area contributed by atoms with Crippen LogP contribution in [-0.4, -0.2) is 41.2 Å². The summed E-state index contributed by atoms with van der Waals surface area (Å²) in [4.78, 5) is 27.7. The summed E-state index contributed by atoms with van der Waals surface area (Å²) < 4.78 is 0. The van der Waals surface area contributed by atoms with Gasteiger partial charge in [0.2, 0.25) is 5.91 Å². The van der Waals surface area contributed by atoms with Crippen molar-refractivity contribution in [2.75, 3.05) is 19.6 Å². The number of allylic oxidation sites excluding steroid dienone is 1. The van der Waals surface area contributed by atoms with Crippen LogP contribution >= 0.6 is 0 Å². The van der Waals surface area contributed by atoms with Gasteiger partial charge in [-0.15, -0.1) is 0 Å². The molecule has 0 atom stereocenters. The van der Waals surface area contributed by atoms with Gasteiger partial charge in [-0.3, -0.25) is 9.59 Å². The highest BCUT2D eigenvalue weighted by Gasteiger charge is 2.30. The second-order valence-electron chi connectivity index (χ2n) is 8.50. The maximum atomic E-state index is 12.3. The van der Waals surface area contributed by atoms with Gasteiger partial charge in [-0.05, 0) is 43.1 Å². The highest BCUT2D eigenvalue weighted by molar-refractivity contribution is 5.92. The Hall–Kier alpha value is -1.58. The van der Waals surface area contributed by atoms with Crippen molar-refractivity contribution in [3.05, 3.63) is 24.4 Å². The van der Waals surface area contributed by atoms with Crippen molar-refractivity contribution in [1.29, 1.82) is 0 Å². The number of carbonyl (C=O) groups excluding carboxylic acids is 2. The first-order chi connectivity index (χ1) is 11.8. The number of hydrogen-bond donors (Lipinski definition) is 0. The first kappa shape index (κ1) is 19.7. The molecule has 0 unspecified atom stereocenters. The molecule has 0 aromatic heterocycles. The molecule has 4 nitrogen and oxygen atoms in total. The summed E-state index contributed by atoms with van der Waals surface area (Å²) in [5.41, 5.74) is 1.14. The number of amides is 2. The number of hydrogen-bond acceptors (Lipinski definition) is 2. The molecule has 4 heteroatoms. The minimum Gasteiger partial charge on any atom is -0.343 e. The highest BCUT2D eigenvalue weighted by Crippen LogP contribution is 2.34. The molecule has 2 aliphatic rings. The van der Waals surface area contributed by atoms with Gasteiger partial charge in [0.15, 0.2) is 0 Å². The Bertz CT molecular complexity index is 505. The summed E-state index contributed by atoms with van der Waals surface area (Å²) in [5.74, 6) is 1.09. The molecule has 1 saturated heterocycles. The van der Waals surface area contributed by atoms with E-state index in [0.717, 1.165) is 69.8 Å². The van der Waals surface area contributed by atoms with E-state index in [-0.39, 0.29) is 5.91 Å². The van der Waals surface area contributed by atoms with Crippen LogP contribution in [0.3, 0.4) is 0 Å². The fourth-order valence-electron chi connectivity index (χ4n) is 3.80. The van der Waals surface area contributed by atoms with Crippen molar-refractivity contribution in [2.24, 2.45) is 11.3 Å². The summed E-state index contributed by atoms with van der Waals surface area (Å²) in [6.07, 6.45) is 10.3. The molecule has 0 bridgehead atoms. The molecule has 0 N–H and O–H groups in total. The molecule has 2 heterocycles. The Morgan fingerprint density at radius 3 is 2.32 bits per heavy atom. The zero-order valence-electron chi connectivity index (χ0n) is 16.2. The minimum atomic E-state index is 0.0406. The summed E-state index contributed by atoms with van der Waals surface area (Å²) in [7, 11) is 0. The number of unbranched alkanes of at least 4 members (excludes halogenated alkanes) is 3. The SMILES string of the molecule is C=C1C=CC(=O)N1CCCCCCC(=O)N1CCC(C(C)(C)C)CC1. The molecule has 0 aliphatic carbocycles. The quantitative estimate of drug-likeness (QED) is 0.650. The average molecular weight is 347 g/mol. The Kier molecular flexibility index (Phi) is 6.86. The molecule has 0 aromatic carbocycles. The maximum absolute atomic E-state index is 12.3. The molecule has 25 heavy (non-hydrogen) atoms. The van der Waals surface area contributed by atoms with Gasteiger partial charge in [-0.1, -0.05) is 40.2 Å². The predicted molar refractivity (Wildman–Crippen MR) is 102 cm³/mol. The van der Waals surface area contributed by atoms with Crippen LogP contribution in [0.15, 0.2) is 24.4 Å². The molecular weight excluding hydrogens is 312 g/mol. The lowest BCUT2D eigenvalue weighted by Crippen LogP contribution is -2.41. The van der Waals surface area contributed by atoms with E-state index in [1.165, 1.54) is 0 Å². The van der Waals surface area contributed by atoms with Crippen LogP contribution < -0.4 is 0 Å². The van der Waals surface area contributed by atoms with Crippen LogP contribution in [0.5, 0.6) is 0 Å². The van der Waals surface area contributed by atoms with E-state index in [9.17, 15) is 9.59 Å². The summed E-state index contributed by atoms with van der Waals surface area (Å²) >= 11 is 0. The van der Waals surface area contributed by atoms with Crippen molar-refractivity contribution in [1.82, 2.24) is 9.80 Å². The van der Waals surface area contributed by atoms with Crippen LogP contribution in [0.25, 0.3) is 0 Å². The van der Waals surface area contributed by atoms with Crippen molar-refractivity contribution < 1.29 is 9.59 Å². The van der Waals surface area contributed by atoms with E-state index in [2.05, 4.69) is 32.3 Å². The number of piperidine rings is 1. The number of rotatable bonds is 7. The zero-order valence-corrected chi connectivity index (χ0v) is 16.2. The molecule has 140 valence electrons. The topological polar surface area (TPSA) is 40.6 Å². The molecular formula is C21H34N2O2. The van der Waals surface area contributed by atoms with E-state index >= 15 is 0 Å². The highest BCUT2D eigenvalue weighted by atomic mass is 16.2. The summed E-state index contributed by atoms with van der Waals surface area (Å²) in [5, 5.41) is 0. The smallest absolute Gasteiger partial charge is 0.251 e. The van der Waals surface area contributed by atoms with E-state index in [1.54, 1.807) is 17.1 Å². The first-order valence-electron chi connectivity index (χ1n) is 9.75. The third kappa shape index (κ3) is 5.72. The average Bonchev–Trinajstić information content (AvgIpc) is 2.88. The van der Waals surface area contributed by atoms with Crippen molar-refractivity contribution in [3.63, 3.8) is 0 Å². The molecule has 0 spiro atoms. The van der Waals surface area contributed by atoms with Gasteiger partial charge in [0.25, 0.3) is 5.91 Å². The summed E-state index contributed by atoms with van der Waals surface area (Å²) in [6.45, 7) is 13.4. The first-order valence-corrected chi connectivity index (χ1v) is 9.75. The van der Waals surface area contributed by atoms with E-state index in [1.807, 2.05) is 0 Å². The number of carbonyl (C=O) groups is 2. The molecule has 2 aliphatic heterocycles. The third-order valence-electron chi connectivity index (χ3n) is 5.63. The fraction of sp³-hybridized carbons (Fsp3) is 0.714. The lowest BCUT2D eigenvalue weighted by atomic mass is 9.75. The van der Waals surface area contributed by atoms with Gasteiger partial charge >= 0.3 is 0 Å². The van der Waals surface area contributed by atoms with E-state index in [4.69, 9.17) is 0 Å². The fourth-order valence-corrected chi connectivity index (χ4v) is 3.80. The van der Waals surface area contributed by atoms with Gasteiger partial charge in [0.05, 0.1) is 0 Å². The predicted octanol–water partition coefficient (Wildman–Crippen LogP) is 4.13. The van der Waals surface area contributed by atoms with Crippen molar-refractivity contribution >= 4 is 11.8 Å². The standard InChI is InChI=1S/C21H34N2O2/c1-17-10-11-20(25)23(17)14-8-6-5-7-9-19(24)22-15-12-18(13-16-22)21(2,3)4/h10-11,18H,1,5-9,12-16H2,2-4H3. The Balaban J connectivity index is 1.54. The van der Waals surface area contributed by atoms with Gasteiger partial charge in [0.1, 0.15) is 0 Å². The molecule has 0 aromatic rings. The minimum absolute atomic E-state index is 0.0406. The molecule has 0 saturated carbocycles. The van der Waals surface area contributed by atoms with Crippen molar-refractivity contribution in [2.45, 2.75) is 65.7 Å².